The van der Waals surface area contributed by atoms with Gasteiger partial charge in [-0.1, -0.05) is 0 Å². The van der Waals surface area contributed by atoms with Gasteiger partial charge in [0.15, 0.2) is 6.04 Å². The molecule has 0 aromatic rings. The number of amides is 2. The molecular formula is C10H20N2O5. The molecule has 7 heteroatoms. The second-order valence-electron chi connectivity index (χ2n) is 3.71. The molecule has 2 amide bonds. The molecule has 0 rings (SSSR count). The van der Waals surface area contributed by atoms with Gasteiger partial charge in [0.2, 0.25) is 0 Å². The van der Waals surface area contributed by atoms with E-state index in [0.29, 0.717) is 6.61 Å². The van der Waals surface area contributed by atoms with Crippen LogP contribution in [0.1, 0.15) is 6.92 Å². The highest BCUT2D eigenvalue weighted by atomic mass is 16.5. The Morgan fingerprint density at radius 2 is 1.82 bits per heavy atom. The Kier molecular flexibility index (Phi) is 7.24. The summed E-state index contributed by atoms with van der Waals surface area (Å²) in [4.78, 5) is 23.9. The maximum absolute atomic E-state index is 11.7. The van der Waals surface area contributed by atoms with Crippen LogP contribution in [0, 0.1) is 0 Å². The highest BCUT2D eigenvalue weighted by molar-refractivity contribution is 5.82. The van der Waals surface area contributed by atoms with E-state index >= 15 is 0 Å². The number of carbonyl (C=O) groups is 2. The molecule has 0 bridgehead atoms. The van der Waals surface area contributed by atoms with Crippen LogP contribution in [0.15, 0.2) is 0 Å². The van der Waals surface area contributed by atoms with Crippen LogP contribution in [-0.2, 0) is 14.3 Å². The standard InChI is InChI=1S/C10H20N2O5/c1-7(5-16-3)12(2)10(15)11-8(6-17-4)9(13)14/h7-8H,5-6H2,1-4H3,(H,11,15)(H,13,14). The van der Waals surface area contributed by atoms with Gasteiger partial charge in [-0.3, -0.25) is 0 Å². The van der Waals surface area contributed by atoms with Crippen molar-refractivity contribution < 1.29 is 24.2 Å². The van der Waals surface area contributed by atoms with Crippen LogP contribution < -0.4 is 5.32 Å². The summed E-state index contributed by atoms with van der Waals surface area (Å²) in [5.41, 5.74) is 0. The van der Waals surface area contributed by atoms with E-state index < -0.39 is 18.0 Å². The van der Waals surface area contributed by atoms with Crippen molar-refractivity contribution >= 4 is 12.0 Å². The molecule has 2 N–H and O–H groups in total. The van der Waals surface area contributed by atoms with Crippen molar-refractivity contribution in [2.24, 2.45) is 0 Å². The number of ether oxygens (including phenoxy) is 2. The number of carbonyl (C=O) groups excluding carboxylic acids is 1. The fourth-order valence-corrected chi connectivity index (χ4v) is 1.15. The van der Waals surface area contributed by atoms with Gasteiger partial charge >= 0.3 is 12.0 Å². The van der Waals surface area contributed by atoms with E-state index in [2.05, 4.69) is 5.32 Å². The highest BCUT2D eigenvalue weighted by Gasteiger charge is 2.23. The Hall–Kier alpha value is -1.34. The second-order valence-corrected chi connectivity index (χ2v) is 3.71. The normalized spacial score (nSPS) is 13.9. The Balaban J connectivity index is 4.34. The summed E-state index contributed by atoms with van der Waals surface area (Å²) in [6.07, 6.45) is 0. The van der Waals surface area contributed by atoms with Crippen LogP contribution in [0.4, 0.5) is 4.79 Å². The number of hydrogen-bond donors (Lipinski definition) is 2. The molecule has 0 saturated carbocycles. The molecule has 0 heterocycles. The molecule has 17 heavy (non-hydrogen) atoms. The Bertz CT molecular complexity index is 259. The Morgan fingerprint density at radius 3 is 2.24 bits per heavy atom. The lowest BCUT2D eigenvalue weighted by Crippen LogP contribution is -2.51. The van der Waals surface area contributed by atoms with Gasteiger partial charge in [0.05, 0.1) is 19.3 Å². The van der Waals surface area contributed by atoms with Crippen molar-refractivity contribution in [1.29, 1.82) is 0 Å². The molecule has 2 unspecified atom stereocenters. The average molecular weight is 248 g/mol. The fraction of sp³-hybridized carbons (Fsp3) is 0.800. The van der Waals surface area contributed by atoms with Crippen molar-refractivity contribution in [3.63, 3.8) is 0 Å². The quantitative estimate of drug-likeness (QED) is 0.649. The molecule has 2 atom stereocenters. The number of hydrogen-bond acceptors (Lipinski definition) is 4. The van der Waals surface area contributed by atoms with Gasteiger partial charge in [-0.05, 0) is 6.92 Å². The predicted molar refractivity (Wildman–Crippen MR) is 60.9 cm³/mol. The number of rotatable bonds is 7. The van der Waals surface area contributed by atoms with E-state index in [-0.39, 0.29) is 12.6 Å². The van der Waals surface area contributed by atoms with E-state index in [9.17, 15) is 9.59 Å². The maximum Gasteiger partial charge on any atom is 0.328 e. The predicted octanol–water partition coefficient (Wildman–Crippen LogP) is -0.238. The maximum atomic E-state index is 11.7. The Labute approximate surface area is 101 Å². The summed E-state index contributed by atoms with van der Waals surface area (Å²) in [6, 6.07) is -1.67. The summed E-state index contributed by atoms with van der Waals surface area (Å²) in [6.45, 7) is 2.11. The SMILES string of the molecule is COCC(NC(=O)N(C)C(C)COC)C(=O)O. The molecule has 100 valence electrons. The zero-order chi connectivity index (χ0) is 13.4. The first-order chi connectivity index (χ1) is 7.93. The van der Waals surface area contributed by atoms with Crippen molar-refractivity contribution in [2.75, 3.05) is 34.5 Å². The van der Waals surface area contributed by atoms with Crippen LogP contribution >= 0.6 is 0 Å². The topological polar surface area (TPSA) is 88.1 Å². The van der Waals surface area contributed by atoms with Gasteiger partial charge in [-0.2, -0.15) is 0 Å². The third-order valence-electron chi connectivity index (χ3n) is 2.32. The van der Waals surface area contributed by atoms with Crippen molar-refractivity contribution in [2.45, 2.75) is 19.0 Å². The zero-order valence-electron chi connectivity index (χ0n) is 10.6. The largest absolute Gasteiger partial charge is 0.480 e. The number of carboxylic acids is 1. The minimum absolute atomic E-state index is 0.0758. The monoisotopic (exact) mass is 248 g/mol. The van der Waals surface area contributed by atoms with E-state index in [1.165, 1.54) is 19.1 Å². The van der Waals surface area contributed by atoms with Crippen LogP contribution in [0.2, 0.25) is 0 Å². The zero-order valence-corrected chi connectivity index (χ0v) is 10.6. The molecule has 0 radical (unpaired) electrons. The lowest BCUT2D eigenvalue weighted by Gasteiger charge is -2.26. The molecule has 0 fully saturated rings. The van der Waals surface area contributed by atoms with Gasteiger partial charge in [0.25, 0.3) is 0 Å². The number of nitrogens with one attached hydrogen (secondary N) is 1. The summed E-state index contributed by atoms with van der Waals surface area (Å²) < 4.78 is 9.63. The molecule has 0 aromatic carbocycles. The number of methoxy groups -OCH3 is 2. The third kappa shape index (κ3) is 5.50. The van der Waals surface area contributed by atoms with Gasteiger partial charge in [0, 0.05) is 21.3 Å². The molecular weight excluding hydrogens is 228 g/mol. The first kappa shape index (κ1) is 15.7. The lowest BCUT2D eigenvalue weighted by atomic mass is 10.3. The average Bonchev–Trinajstić information content (AvgIpc) is 2.27. The van der Waals surface area contributed by atoms with Gasteiger partial charge in [-0.25, -0.2) is 9.59 Å². The Morgan fingerprint density at radius 1 is 1.29 bits per heavy atom. The van der Waals surface area contributed by atoms with Gasteiger partial charge < -0.3 is 24.8 Å². The highest BCUT2D eigenvalue weighted by Crippen LogP contribution is 1.98. The van der Waals surface area contributed by atoms with Crippen LogP contribution in [0.25, 0.3) is 0 Å². The number of carboxylic acid groups (broad SMARTS) is 1. The van der Waals surface area contributed by atoms with Crippen LogP contribution in [0.3, 0.4) is 0 Å². The molecule has 7 nitrogen and oxygen atoms in total. The third-order valence-corrected chi connectivity index (χ3v) is 2.32. The summed E-state index contributed by atoms with van der Waals surface area (Å²) in [5, 5.41) is 11.2. The fourth-order valence-electron chi connectivity index (χ4n) is 1.15. The smallest absolute Gasteiger partial charge is 0.328 e. The second kappa shape index (κ2) is 7.86. The summed E-state index contributed by atoms with van der Waals surface area (Å²) in [7, 11) is 4.48. The van der Waals surface area contributed by atoms with Crippen molar-refractivity contribution in [3.05, 3.63) is 0 Å². The number of urea groups is 1. The molecule has 0 aromatic heterocycles. The lowest BCUT2D eigenvalue weighted by molar-refractivity contribution is -0.140. The number of likely N-dealkylation sites (N-methyl/N-ethyl adjacent to an activating group) is 1. The van der Waals surface area contributed by atoms with E-state index in [1.807, 2.05) is 0 Å². The summed E-state index contributed by atoms with van der Waals surface area (Å²) in [5.74, 6) is -1.13. The molecule has 0 aliphatic heterocycles. The first-order valence-corrected chi connectivity index (χ1v) is 5.18. The van der Waals surface area contributed by atoms with E-state index in [4.69, 9.17) is 14.6 Å². The van der Waals surface area contributed by atoms with Gasteiger partial charge in [-0.15, -0.1) is 0 Å². The van der Waals surface area contributed by atoms with E-state index in [0.717, 1.165) is 0 Å². The van der Waals surface area contributed by atoms with Crippen LogP contribution in [0.5, 0.6) is 0 Å². The number of aliphatic carboxylic acids is 1. The molecule has 0 spiro atoms. The summed E-state index contributed by atoms with van der Waals surface area (Å²) >= 11 is 0. The van der Waals surface area contributed by atoms with Crippen LogP contribution in [-0.4, -0.2) is 68.6 Å². The van der Waals surface area contributed by atoms with E-state index in [1.54, 1.807) is 14.0 Å². The molecule has 0 aliphatic carbocycles. The van der Waals surface area contributed by atoms with Crippen molar-refractivity contribution in [1.82, 2.24) is 10.2 Å². The van der Waals surface area contributed by atoms with Gasteiger partial charge in [0.1, 0.15) is 0 Å². The minimum Gasteiger partial charge on any atom is -0.480 e. The minimum atomic E-state index is -1.13. The first-order valence-electron chi connectivity index (χ1n) is 5.18. The van der Waals surface area contributed by atoms with Crippen molar-refractivity contribution in [3.8, 4) is 0 Å². The molecule has 0 saturated heterocycles. The molecule has 0 aliphatic rings. The number of nitrogens with zero attached hydrogens (tertiary/aromatic N) is 1.